The van der Waals surface area contributed by atoms with Crippen molar-refractivity contribution in [1.29, 1.82) is 0 Å². The fourth-order valence-electron chi connectivity index (χ4n) is 1.69. The quantitative estimate of drug-likeness (QED) is 0.729. The van der Waals surface area contributed by atoms with Crippen LogP contribution >= 0.6 is 0 Å². The summed E-state index contributed by atoms with van der Waals surface area (Å²) in [6.45, 7) is 1.82. The summed E-state index contributed by atoms with van der Waals surface area (Å²) in [6.07, 6.45) is 0. The second-order valence-corrected chi connectivity index (χ2v) is 3.70. The third kappa shape index (κ3) is 1.89. The van der Waals surface area contributed by atoms with Crippen molar-refractivity contribution < 1.29 is 8.78 Å². The molecule has 0 heterocycles. The molecule has 0 unspecified atom stereocenters. The van der Waals surface area contributed by atoms with Crippen molar-refractivity contribution in [2.75, 3.05) is 5.73 Å². The zero-order valence-corrected chi connectivity index (χ0v) is 8.80. The minimum atomic E-state index is -0.451. The lowest BCUT2D eigenvalue weighted by atomic mass is 9.99. The minimum Gasteiger partial charge on any atom is -0.399 e. The van der Waals surface area contributed by atoms with Gasteiger partial charge < -0.3 is 5.73 Å². The molecule has 0 saturated carbocycles. The number of hydrogen-bond acceptors (Lipinski definition) is 1. The molecule has 0 amide bonds. The van der Waals surface area contributed by atoms with Gasteiger partial charge in [0.25, 0.3) is 0 Å². The highest BCUT2D eigenvalue weighted by atomic mass is 19.1. The molecule has 0 radical (unpaired) electrons. The van der Waals surface area contributed by atoms with Gasteiger partial charge in [-0.15, -0.1) is 0 Å². The Hall–Kier alpha value is -1.90. The molecule has 16 heavy (non-hydrogen) atoms. The van der Waals surface area contributed by atoms with Crippen molar-refractivity contribution in [1.82, 2.24) is 0 Å². The van der Waals surface area contributed by atoms with E-state index in [4.69, 9.17) is 5.73 Å². The van der Waals surface area contributed by atoms with Crippen molar-refractivity contribution in [3.63, 3.8) is 0 Å². The number of rotatable bonds is 1. The van der Waals surface area contributed by atoms with Crippen LogP contribution in [0, 0.1) is 18.6 Å². The molecule has 3 heteroatoms. The SMILES string of the molecule is Cc1cc(N)ccc1-c1cc(F)ccc1F. The van der Waals surface area contributed by atoms with E-state index < -0.39 is 11.6 Å². The number of anilines is 1. The van der Waals surface area contributed by atoms with E-state index in [0.717, 1.165) is 17.7 Å². The van der Waals surface area contributed by atoms with E-state index in [2.05, 4.69) is 0 Å². The fourth-order valence-corrected chi connectivity index (χ4v) is 1.69. The van der Waals surface area contributed by atoms with Gasteiger partial charge in [0.05, 0.1) is 0 Å². The summed E-state index contributed by atoms with van der Waals surface area (Å²) in [5, 5.41) is 0. The van der Waals surface area contributed by atoms with Gasteiger partial charge in [-0.1, -0.05) is 6.07 Å². The smallest absolute Gasteiger partial charge is 0.131 e. The number of halogens is 2. The molecule has 0 spiro atoms. The van der Waals surface area contributed by atoms with Crippen LogP contribution in [0.25, 0.3) is 11.1 Å². The monoisotopic (exact) mass is 219 g/mol. The van der Waals surface area contributed by atoms with Crippen LogP contribution in [-0.4, -0.2) is 0 Å². The highest BCUT2D eigenvalue weighted by Gasteiger charge is 2.08. The van der Waals surface area contributed by atoms with E-state index in [0.29, 0.717) is 11.3 Å². The lowest BCUT2D eigenvalue weighted by Gasteiger charge is -2.08. The van der Waals surface area contributed by atoms with Crippen molar-refractivity contribution >= 4 is 5.69 Å². The summed E-state index contributed by atoms with van der Waals surface area (Å²) in [4.78, 5) is 0. The van der Waals surface area contributed by atoms with E-state index >= 15 is 0 Å². The molecule has 0 atom stereocenters. The van der Waals surface area contributed by atoms with E-state index in [1.165, 1.54) is 6.07 Å². The van der Waals surface area contributed by atoms with E-state index in [1.54, 1.807) is 18.2 Å². The molecule has 0 aliphatic heterocycles. The lowest BCUT2D eigenvalue weighted by molar-refractivity contribution is 0.603. The van der Waals surface area contributed by atoms with Crippen molar-refractivity contribution in [2.45, 2.75) is 6.92 Å². The van der Waals surface area contributed by atoms with Gasteiger partial charge in [0.2, 0.25) is 0 Å². The van der Waals surface area contributed by atoms with Crippen LogP contribution in [-0.2, 0) is 0 Å². The van der Waals surface area contributed by atoms with Crippen LogP contribution in [0.15, 0.2) is 36.4 Å². The highest BCUT2D eigenvalue weighted by Crippen LogP contribution is 2.27. The van der Waals surface area contributed by atoms with Gasteiger partial charge in [-0.3, -0.25) is 0 Å². The van der Waals surface area contributed by atoms with E-state index in [-0.39, 0.29) is 5.56 Å². The lowest BCUT2D eigenvalue weighted by Crippen LogP contribution is -1.91. The van der Waals surface area contributed by atoms with Gasteiger partial charge in [0, 0.05) is 11.3 Å². The largest absolute Gasteiger partial charge is 0.399 e. The normalized spacial score (nSPS) is 10.4. The zero-order valence-electron chi connectivity index (χ0n) is 8.80. The molecule has 2 aromatic rings. The molecule has 0 bridgehead atoms. The van der Waals surface area contributed by atoms with Gasteiger partial charge in [-0.2, -0.15) is 0 Å². The molecule has 0 aromatic heterocycles. The number of nitrogen functional groups attached to an aromatic ring is 1. The summed E-state index contributed by atoms with van der Waals surface area (Å²) in [7, 11) is 0. The molecular formula is C13H11F2N. The number of nitrogens with two attached hydrogens (primary N) is 1. The van der Waals surface area contributed by atoms with Crippen LogP contribution in [0.1, 0.15) is 5.56 Å². The van der Waals surface area contributed by atoms with Crippen LogP contribution in [0.5, 0.6) is 0 Å². The summed E-state index contributed by atoms with van der Waals surface area (Å²) in [5.41, 5.74) is 7.96. The van der Waals surface area contributed by atoms with Crippen LogP contribution < -0.4 is 5.73 Å². The third-order valence-corrected chi connectivity index (χ3v) is 2.47. The Morgan fingerprint density at radius 2 is 1.69 bits per heavy atom. The average Bonchev–Trinajstić information content (AvgIpc) is 2.22. The maximum absolute atomic E-state index is 13.5. The predicted molar refractivity (Wildman–Crippen MR) is 60.9 cm³/mol. The maximum atomic E-state index is 13.5. The van der Waals surface area contributed by atoms with E-state index in [1.807, 2.05) is 6.92 Å². The first-order valence-electron chi connectivity index (χ1n) is 4.89. The Balaban J connectivity index is 2.62. The standard InChI is InChI=1S/C13H11F2N/c1-8-6-10(16)3-4-11(8)12-7-9(14)2-5-13(12)15/h2-7H,16H2,1H3. The Labute approximate surface area is 92.5 Å². The Kier molecular flexibility index (Phi) is 2.60. The molecule has 0 aliphatic carbocycles. The van der Waals surface area contributed by atoms with Gasteiger partial charge in [-0.05, 0) is 48.4 Å². The molecule has 0 saturated heterocycles. The predicted octanol–water partition coefficient (Wildman–Crippen LogP) is 3.52. The Bertz CT molecular complexity index is 535. The van der Waals surface area contributed by atoms with Gasteiger partial charge in [0.1, 0.15) is 11.6 Å². The molecule has 0 fully saturated rings. The molecule has 2 aromatic carbocycles. The Morgan fingerprint density at radius 1 is 0.938 bits per heavy atom. The molecule has 82 valence electrons. The molecular weight excluding hydrogens is 208 g/mol. The second-order valence-electron chi connectivity index (χ2n) is 3.70. The first-order valence-corrected chi connectivity index (χ1v) is 4.89. The Morgan fingerprint density at radius 3 is 2.38 bits per heavy atom. The third-order valence-electron chi connectivity index (χ3n) is 2.47. The van der Waals surface area contributed by atoms with E-state index in [9.17, 15) is 8.78 Å². The number of hydrogen-bond donors (Lipinski definition) is 1. The van der Waals surface area contributed by atoms with Crippen LogP contribution in [0.4, 0.5) is 14.5 Å². The van der Waals surface area contributed by atoms with Crippen molar-refractivity contribution in [2.24, 2.45) is 0 Å². The van der Waals surface area contributed by atoms with Gasteiger partial charge >= 0.3 is 0 Å². The summed E-state index contributed by atoms with van der Waals surface area (Å²) in [5.74, 6) is -0.887. The van der Waals surface area contributed by atoms with Gasteiger partial charge in [-0.25, -0.2) is 8.78 Å². The molecule has 2 rings (SSSR count). The topological polar surface area (TPSA) is 26.0 Å². The van der Waals surface area contributed by atoms with Crippen molar-refractivity contribution in [3.05, 3.63) is 53.6 Å². The summed E-state index contributed by atoms with van der Waals surface area (Å²) >= 11 is 0. The fraction of sp³-hybridized carbons (Fsp3) is 0.0769. The minimum absolute atomic E-state index is 0.262. The zero-order chi connectivity index (χ0) is 11.7. The van der Waals surface area contributed by atoms with Gasteiger partial charge in [0.15, 0.2) is 0 Å². The second kappa shape index (κ2) is 3.93. The highest BCUT2D eigenvalue weighted by molar-refractivity contribution is 5.70. The average molecular weight is 219 g/mol. The van der Waals surface area contributed by atoms with Crippen molar-refractivity contribution in [3.8, 4) is 11.1 Å². The molecule has 0 aliphatic rings. The summed E-state index contributed by atoms with van der Waals surface area (Å²) < 4.78 is 26.6. The number of aryl methyl sites for hydroxylation is 1. The van der Waals surface area contributed by atoms with Crippen LogP contribution in [0.3, 0.4) is 0 Å². The first-order chi connectivity index (χ1) is 7.58. The number of benzene rings is 2. The van der Waals surface area contributed by atoms with Crippen LogP contribution in [0.2, 0.25) is 0 Å². The first kappa shape index (κ1) is 10.6. The summed E-state index contributed by atoms with van der Waals surface area (Å²) in [6, 6.07) is 8.52. The molecule has 2 N–H and O–H groups in total. The molecule has 1 nitrogen and oxygen atoms in total. The maximum Gasteiger partial charge on any atom is 0.131 e.